The van der Waals surface area contributed by atoms with Gasteiger partial charge in [0.25, 0.3) is 0 Å². The molecule has 20 heavy (non-hydrogen) atoms. The Morgan fingerprint density at radius 2 is 1.95 bits per heavy atom. The molecule has 112 valence electrons. The van der Waals surface area contributed by atoms with Crippen LogP contribution in [0.4, 0.5) is 5.69 Å². The first-order valence-corrected chi connectivity index (χ1v) is 8.34. The van der Waals surface area contributed by atoms with E-state index in [4.69, 9.17) is 0 Å². The zero-order chi connectivity index (χ0) is 14.4. The molecule has 0 saturated heterocycles. The van der Waals surface area contributed by atoms with Gasteiger partial charge in [0, 0.05) is 31.4 Å². The predicted molar refractivity (Wildman–Crippen MR) is 88.3 cm³/mol. The lowest BCUT2D eigenvalue weighted by molar-refractivity contribution is 0.443. The van der Waals surface area contributed by atoms with Gasteiger partial charge in [0.2, 0.25) is 0 Å². The quantitative estimate of drug-likeness (QED) is 0.836. The lowest BCUT2D eigenvalue weighted by Gasteiger charge is -2.31. The van der Waals surface area contributed by atoms with Gasteiger partial charge in [0.1, 0.15) is 0 Å². The summed E-state index contributed by atoms with van der Waals surface area (Å²) < 4.78 is 0. The van der Waals surface area contributed by atoms with Gasteiger partial charge in [-0.15, -0.1) is 0 Å². The molecule has 1 aliphatic heterocycles. The third-order valence-electron chi connectivity index (χ3n) is 4.62. The Hall–Kier alpha value is -1.02. The molecule has 0 aliphatic carbocycles. The van der Waals surface area contributed by atoms with E-state index in [9.17, 15) is 0 Å². The summed E-state index contributed by atoms with van der Waals surface area (Å²) in [6.07, 6.45) is 5.09. The lowest BCUT2D eigenvalue weighted by Crippen LogP contribution is -2.40. The summed E-state index contributed by atoms with van der Waals surface area (Å²) in [7, 11) is 0. The number of fused-ring (bicyclic) bond motifs is 1. The third kappa shape index (κ3) is 3.76. The van der Waals surface area contributed by atoms with Crippen LogP contribution in [-0.2, 0) is 6.54 Å². The minimum absolute atomic E-state index is 0.627. The molecular formula is C18H30N2. The molecule has 1 heterocycles. The summed E-state index contributed by atoms with van der Waals surface area (Å²) in [5.74, 6) is 0.809. The summed E-state index contributed by atoms with van der Waals surface area (Å²) in [6, 6.07) is 9.54. The molecule has 1 aromatic rings. The van der Waals surface area contributed by atoms with E-state index in [1.54, 1.807) is 0 Å². The molecule has 1 aromatic carbocycles. The van der Waals surface area contributed by atoms with Crippen molar-refractivity contribution in [2.45, 2.75) is 59.0 Å². The molecule has 1 N–H and O–H groups in total. The van der Waals surface area contributed by atoms with Gasteiger partial charge in [-0.1, -0.05) is 58.2 Å². The van der Waals surface area contributed by atoms with Crippen molar-refractivity contribution in [2.24, 2.45) is 5.92 Å². The largest absolute Gasteiger partial charge is 0.369 e. The molecule has 2 nitrogen and oxygen atoms in total. The average molecular weight is 274 g/mol. The van der Waals surface area contributed by atoms with E-state index in [0.717, 1.165) is 19.0 Å². The number of hydrogen-bond acceptors (Lipinski definition) is 2. The summed E-state index contributed by atoms with van der Waals surface area (Å²) >= 11 is 0. The van der Waals surface area contributed by atoms with E-state index in [1.165, 1.54) is 43.5 Å². The van der Waals surface area contributed by atoms with Gasteiger partial charge in [-0.2, -0.15) is 0 Å². The van der Waals surface area contributed by atoms with Crippen molar-refractivity contribution in [1.82, 2.24) is 5.32 Å². The minimum atomic E-state index is 0.627. The highest BCUT2D eigenvalue weighted by molar-refractivity contribution is 5.54. The van der Waals surface area contributed by atoms with Crippen molar-refractivity contribution < 1.29 is 0 Å². The highest BCUT2D eigenvalue weighted by Crippen LogP contribution is 2.26. The van der Waals surface area contributed by atoms with Crippen molar-refractivity contribution in [3.05, 3.63) is 29.8 Å². The normalized spacial score (nSPS) is 19.0. The summed E-state index contributed by atoms with van der Waals surface area (Å²) in [5.41, 5.74) is 2.91. The number of rotatable bonds is 6. The number of hydrogen-bond donors (Lipinski definition) is 1. The van der Waals surface area contributed by atoms with Crippen LogP contribution >= 0.6 is 0 Å². The molecule has 1 atom stereocenters. The Morgan fingerprint density at radius 1 is 1.20 bits per heavy atom. The molecule has 2 heteroatoms. The van der Waals surface area contributed by atoms with Crippen LogP contribution in [0.25, 0.3) is 0 Å². The second-order valence-corrected chi connectivity index (χ2v) is 6.08. The van der Waals surface area contributed by atoms with Gasteiger partial charge >= 0.3 is 0 Å². The van der Waals surface area contributed by atoms with Crippen LogP contribution in [0.15, 0.2) is 24.3 Å². The first-order valence-electron chi connectivity index (χ1n) is 8.34. The molecule has 1 unspecified atom stereocenters. The lowest BCUT2D eigenvalue weighted by atomic mass is 10.0. The van der Waals surface area contributed by atoms with Crippen molar-refractivity contribution in [3.63, 3.8) is 0 Å². The summed E-state index contributed by atoms with van der Waals surface area (Å²) in [6.45, 7) is 10.3. The van der Waals surface area contributed by atoms with Crippen LogP contribution in [0.3, 0.4) is 0 Å². The van der Waals surface area contributed by atoms with Gasteiger partial charge < -0.3 is 10.2 Å². The molecule has 0 spiro atoms. The van der Waals surface area contributed by atoms with Crippen LogP contribution in [0.2, 0.25) is 0 Å². The van der Waals surface area contributed by atoms with E-state index in [2.05, 4.69) is 55.3 Å². The number of nitrogens with zero attached hydrogens (tertiary/aromatic N) is 1. The molecular weight excluding hydrogens is 244 g/mol. The van der Waals surface area contributed by atoms with Crippen LogP contribution in [0.5, 0.6) is 0 Å². The summed E-state index contributed by atoms with van der Waals surface area (Å²) in [5, 5.41) is 3.74. The standard InChI is InChI=1S/C18H30N2/c1-4-9-17-14-20(13-15(5-2)6-3)18-11-8-7-10-16(18)12-19-17/h7-8,10-11,15,17,19H,4-6,9,12-14H2,1-3H3. The highest BCUT2D eigenvalue weighted by Gasteiger charge is 2.22. The van der Waals surface area contributed by atoms with Gasteiger partial charge in [0.05, 0.1) is 0 Å². The minimum Gasteiger partial charge on any atom is -0.369 e. The van der Waals surface area contributed by atoms with Gasteiger partial charge in [-0.25, -0.2) is 0 Å². The highest BCUT2D eigenvalue weighted by atomic mass is 15.2. The Balaban J connectivity index is 2.19. The molecule has 0 fully saturated rings. The maximum atomic E-state index is 3.74. The maximum absolute atomic E-state index is 3.74. The zero-order valence-electron chi connectivity index (χ0n) is 13.4. The molecule has 0 radical (unpaired) electrons. The number of para-hydroxylation sites is 1. The Kier molecular flexibility index (Phi) is 5.90. The van der Waals surface area contributed by atoms with E-state index in [1.807, 2.05) is 0 Å². The van der Waals surface area contributed by atoms with Gasteiger partial charge in [-0.3, -0.25) is 0 Å². The van der Waals surface area contributed by atoms with Crippen LogP contribution < -0.4 is 10.2 Å². The van der Waals surface area contributed by atoms with Crippen molar-refractivity contribution in [1.29, 1.82) is 0 Å². The van der Waals surface area contributed by atoms with Crippen LogP contribution in [-0.4, -0.2) is 19.1 Å². The van der Waals surface area contributed by atoms with E-state index in [0.29, 0.717) is 6.04 Å². The molecule has 0 amide bonds. The predicted octanol–water partition coefficient (Wildman–Crippen LogP) is 4.20. The van der Waals surface area contributed by atoms with E-state index in [-0.39, 0.29) is 0 Å². The van der Waals surface area contributed by atoms with E-state index < -0.39 is 0 Å². The topological polar surface area (TPSA) is 15.3 Å². The number of benzene rings is 1. The Morgan fingerprint density at radius 3 is 2.65 bits per heavy atom. The molecule has 0 saturated carbocycles. The summed E-state index contributed by atoms with van der Waals surface area (Å²) in [4.78, 5) is 2.63. The van der Waals surface area contributed by atoms with Gasteiger partial charge in [0.15, 0.2) is 0 Å². The monoisotopic (exact) mass is 274 g/mol. The van der Waals surface area contributed by atoms with Crippen LogP contribution in [0.1, 0.15) is 52.0 Å². The van der Waals surface area contributed by atoms with Crippen molar-refractivity contribution in [2.75, 3.05) is 18.0 Å². The molecule has 0 aromatic heterocycles. The second kappa shape index (κ2) is 7.68. The van der Waals surface area contributed by atoms with Crippen molar-refractivity contribution >= 4 is 5.69 Å². The maximum Gasteiger partial charge on any atom is 0.0412 e. The molecule has 2 rings (SSSR count). The Bertz CT molecular complexity index is 398. The molecule has 0 bridgehead atoms. The fourth-order valence-electron chi connectivity index (χ4n) is 3.23. The first-order chi connectivity index (χ1) is 9.78. The van der Waals surface area contributed by atoms with Gasteiger partial charge in [-0.05, 0) is 24.0 Å². The fourth-order valence-corrected chi connectivity index (χ4v) is 3.23. The second-order valence-electron chi connectivity index (χ2n) is 6.08. The third-order valence-corrected chi connectivity index (χ3v) is 4.62. The zero-order valence-corrected chi connectivity index (χ0v) is 13.4. The number of nitrogens with one attached hydrogen (secondary N) is 1. The fraction of sp³-hybridized carbons (Fsp3) is 0.667. The van der Waals surface area contributed by atoms with E-state index >= 15 is 0 Å². The molecule has 1 aliphatic rings. The smallest absolute Gasteiger partial charge is 0.0412 e. The SMILES string of the molecule is CCCC1CN(CC(CC)CC)c2ccccc2CN1. The number of anilines is 1. The average Bonchev–Trinajstić information content (AvgIpc) is 2.65. The Labute approximate surface area is 124 Å². The van der Waals surface area contributed by atoms with Crippen molar-refractivity contribution in [3.8, 4) is 0 Å². The first kappa shape index (κ1) is 15.4. The van der Waals surface area contributed by atoms with Crippen LogP contribution in [0, 0.1) is 5.92 Å².